The summed E-state index contributed by atoms with van der Waals surface area (Å²) in [5, 5.41) is 4.89. The Hall–Kier alpha value is -2.10. The molecule has 3 aromatic rings. The Balaban J connectivity index is 1.73. The summed E-state index contributed by atoms with van der Waals surface area (Å²) in [5.41, 5.74) is 6.42. The van der Waals surface area contributed by atoms with Crippen molar-refractivity contribution < 1.29 is 0 Å². The Morgan fingerprint density at radius 3 is 2.54 bits per heavy atom. The summed E-state index contributed by atoms with van der Waals surface area (Å²) in [6.07, 6.45) is 3.76. The molecular weight excluding hydrogens is 389 g/mol. The van der Waals surface area contributed by atoms with E-state index in [1.54, 1.807) is 6.07 Å². The second kappa shape index (κ2) is 8.10. The summed E-state index contributed by atoms with van der Waals surface area (Å²) < 4.78 is 0. The lowest BCUT2D eigenvalue weighted by Crippen LogP contribution is -2.13. The average molecular weight is 412 g/mol. The molecule has 0 fully saturated rings. The number of aryl methyl sites for hydroxylation is 3. The Labute approximate surface area is 176 Å². The molecule has 1 aliphatic rings. The van der Waals surface area contributed by atoms with E-state index in [1.165, 1.54) is 11.1 Å². The van der Waals surface area contributed by atoms with Crippen LogP contribution < -0.4 is 5.32 Å². The maximum atomic E-state index is 6.45. The number of aromatic nitrogens is 2. The van der Waals surface area contributed by atoms with Crippen LogP contribution in [-0.4, -0.2) is 9.97 Å². The Kier molecular flexibility index (Phi) is 5.56. The van der Waals surface area contributed by atoms with Crippen LogP contribution in [0.1, 0.15) is 48.8 Å². The standard InChI is InChI=1S/C23H23Cl2N3/c1-3-19-22(17-11-10-15(24)13-18(17)25)26-20(4-2)23(27-19)28-21-12-9-14-7-5-6-8-16(14)21/h5-8,10-11,13,21H,3-4,9,12H2,1-2H3,(H,27,28). The highest BCUT2D eigenvalue weighted by molar-refractivity contribution is 6.36. The topological polar surface area (TPSA) is 37.8 Å². The quantitative estimate of drug-likeness (QED) is 0.508. The van der Waals surface area contributed by atoms with Crippen molar-refractivity contribution in [3.05, 3.63) is 75.0 Å². The predicted molar refractivity (Wildman–Crippen MR) is 117 cm³/mol. The number of anilines is 1. The molecule has 4 rings (SSSR count). The zero-order valence-corrected chi connectivity index (χ0v) is 17.6. The number of rotatable bonds is 5. The summed E-state index contributed by atoms with van der Waals surface area (Å²) in [5.74, 6) is 0.884. The van der Waals surface area contributed by atoms with Crippen LogP contribution in [0.5, 0.6) is 0 Å². The SMILES string of the molecule is CCc1nc(-c2ccc(Cl)cc2Cl)c(CC)nc1NC1CCc2ccccc21. The van der Waals surface area contributed by atoms with E-state index in [0.29, 0.717) is 10.0 Å². The number of halogens is 2. The number of hydrogen-bond donors (Lipinski definition) is 1. The minimum atomic E-state index is 0.283. The molecule has 2 aromatic carbocycles. The van der Waals surface area contributed by atoms with Gasteiger partial charge in [-0.1, -0.05) is 61.3 Å². The third kappa shape index (κ3) is 3.61. The van der Waals surface area contributed by atoms with E-state index in [9.17, 15) is 0 Å². The van der Waals surface area contributed by atoms with Crippen molar-refractivity contribution in [2.75, 3.05) is 5.32 Å². The highest BCUT2D eigenvalue weighted by Gasteiger charge is 2.24. The number of nitrogens with zero attached hydrogens (tertiary/aromatic N) is 2. The second-order valence-electron chi connectivity index (χ2n) is 7.08. The predicted octanol–water partition coefficient (Wildman–Crippen LogP) is 6.67. The highest BCUT2D eigenvalue weighted by atomic mass is 35.5. The molecule has 1 atom stereocenters. The molecule has 28 heavy (non-hydrogen) atoms. The first-order valence-corrected chi connectivity index (χ1v) is 10.6. The Bertz CT molecular complexity index is 1020. The molecule has 0 saturated carbocycles. The van der Waals surface area contributed by atoms with E-state index in [-0.39, 0.29) is 6.04 Å². The molecule has 0 spiro atoms. The summed E-state index contributed by atoms with van der Waals surface area (Å²) in [6.45, 7) is 4.20. The molecule has 1 N–H and O–H groups in total. The molecule has 144 valence electrons. The molecule has 5 heteroatoms. The van der Waals surface area contributed by atoms with Gasteiger partial charge in [-0.05, 0) is 55.0 Å². The highest BCUT2D eigenvalue weighted by Crippen LogP contribution is 2.36. The first-order valence-electron chi connectivity index (χ1n) is 9.80. The molecule has 1 aromatic heterocycles. The van der Waals surface area contributed by atoms with Crippen molar-refractivity contribution in [2.24, 2.45) is 0 Å². The van der Waals surface area contributed by atoms with E-state index >= 15 is 0 Å². The minimum absolute atomic E-state index is 0.283. The van der Waals surface area contributed by atoms with Crippen LogP contribution in [0.4, 0.5) is 5.82 Å². The molecule has 0 radical (unpaired) electrons. The minimum Gasteiger partial charge on any atom is -0.362 e. The van der Waals surface area contributed by atoms with Gasteiger partial charge in [-0.2, -0.15) is 0 Å². The first-order chi connectivity index (χ1) is 13.6. The van der Waals surface area contributed by atoms with Crippen molar-refractivity contribution >= 4 is 29.0 Å². The van der Waals surface area contributed by atoms with Gasteiger partial charge in [0.05, 0.1) is 28.1 Å². The summed E-state index contributed by atoms with van der Waals surface area (Å²) in [4.78, 5) is 9.94. The van der Waals surface area contributed by atoms with Crippen LogP contribution >= 0.6 is 23.2 Å². The lowest BCUT2D eigenvalue weighted by atomic mass is 10.1. The third-order valence-corrected chi connectivity index (χ3v) is 5.89. The normalized spacial score (nSPS) is 15.5. The van der Waals surface area contributed by atoms with Gasteiger partial charge in [0.2, 0.25) is 0 Å². The number of hydrogen-bond acceptors (Lipinski definition) is 3. The van der Waals surface area contributed by atoms with Gasteiger partial charge in [-0.25, -0.2) is 9.97 Å². The van der Waals surface area contributed by atoms with Crippen molar-refractivity contribution in [2.45, 2.75) is 45.6 Å². The number of nitrogens with one attached hydrogen (secondary N) is 1. The monoisotopic (exact) mass is 411 g/mol. The van der Waals surface area contributed by atoms with Crippen molar-refractivity contribution in [1.82, 2.24) is 9.97 Å². The van der Waals surface area contributed by atoms with E-state index < -0.39 is 0 Å². The molecule has 1 heterocycles. The zero-order chi connectivity index (χ0) is 19.7. The lowest BCUT2D eigenvalue weighted by Gasteiger charge is -2.19. The van der Waals surface area contributed by atoms with Gasteiger partial charge in [0.25, 0.3) is 0 Å². The first kappa shape index (κ1) is 19.2. The third-order valence-electron chi connectivity index (χ3n) is 5.34. The van der Waals surface area contributed by atoms with Gasteiger partial charge in [-0.15, -0.1) is 0 Å². The van der Waals surface area contributed by atoms with Gasteiger partial charge in [0.1, 0.15) is 5.82 Å². The van der Waals surface area contributed by atoms with Crippen LogP contribution in [0.25, 0.3) is 11.3 Å². The van der Waals surface area contributed by atoms with Crippen LogP contribution in [0.3, 0.4) is 0 Å². The molecule has 1 unspecified atom stereocenters. The average Bonchev–Trinajstić information content (AvgIpc) is 3.11. The van der Waals surface area contributed by atoms with Crippen LogP contribution in [0, 0.1) is 0 Å². The lowest BCUT2D eigenvalue weighted by molar-refractivity contribution is 0.750. The van der Waals surface area contributed by atoms with Gasteiger partial charge < -0.3 is 5.32 Å². The summed E-state index contributed by atoms with van der Waals surface area (Å²) >= 11 is 12.5. The fraction of sp³-hybridized carbons (Fsp3) is 0.304. The fourth-order valence-corrected chi connectivity index (χ4v) is 4.38. The number of fused-ring (bicyclic) bond motifs is 1. The zero-order valence-electron chi connectivity index (χ0n) is 16.1. The summed E-state index contributed by atoms with van der Waals surface area (Å²) in [6, 6.07) is 14.4. The Morgan fingerprint density at radius 1 is 1.00 bits per heavy atom. The summed E-state index contributed by atoms with van der Waals surface area (Å²) in [7, 11) is 0. The van der Waals surface area contributed by atoms with Crippen molar-refractivity contribution in [3.63, 3.8) is 0 Å². The maximum absolute atomic E-state index is 6.45. The van der Waals surface area contributed by atoms with Gasteiger partial charge in [0.15, 0.2) is 0 Å². The molecule has 0 aliphatic heterocycles. The molecule has 0 amide bonds. The molecule has 3 nitrogen and oxygen atoms in total. The van der Waals surface area contributed by atoms with E-state index in [2.05, 4.69) is 43.4 Å². The van der Waals surface area contributed by atoms with Crippen molar-refractivity contribution in [1.29, 1.82) is 0 Å². The fourth-order valence-electron chi connectivity index (χ4n) is 3.88. The Morgan fingerprint density at radius 2 is 1.79 bits per heavy atom. The van der Waals surface area contributed by atoms with Gasteiger partial charge in [0, 0.05) is 10.6 Å². The van der Waals surface area contributed by atoms with Crippen LogP contribution in [0.15, 0.2) is 42.5 Å². The largest absolute Gasteiger partial charge is 0.362 e. The van der Waals surface area contributed by atoms with Gasteiger partial charge in [-0.3, -0.25) is 0 Å². The van der Waals surface area contributed by atoms with E-state index in [1.807, 2.05) is 12.1 Å². The second-order valence-corrected chi connectivity index (χ2v) is 7.92. The maximum Gasteiger partial charge on any atom is 0.148 e. The smallest absolute Gasteiger partial charge is 0.148 e. The molecule has 0 bridgehead atoms. The van der Waals surface area contributed by atoms with E-state index in [0.717, 1.165) is 54.1 Å². The van der Waals surface area contributed by atoms with E-state index in [4.69, 9.17) is 33.2 Å². The molecule has 0 saturated heterocycles. The van der Waals surface area contributed by atoms with Crippen molar-refractivity contribution in [3.8, 4) is 11.3 Å². The number of benzene rings is 2. The van der Waals surface area contributed by atoms with Gasteiger partial charge >= 0.3 is 0 Å². The molecular formula is C23H23Cl2N3. The molecule has 1 aliphatic carbocycles. The van der Waals surface area contributed by atoms with Crippen LogP contribution in [0.2, 0.25) is 10.0 Å². The van der Waals surface area contributed by atoms with Crippen LogP contribution in [-0.2, 0) is 19.3 Å².